The van der Waals surface area contributed by atoms with Gasteiger partial charge in [-0.1, -0.05) is 54.1 Å². The molecule has 6 heteroatoms. The molecular formula is C28H32ClN3O2. The molecule has 0 atom stereocenters. The molecule has 1 saturated heterocycles. The van der Waals surface area contributed by atoms with Gasteiger partial charge in [0.2, 0.25) is 5.91 Å². The van der Waals surface area contributed by atoms with E-state index < -0.39 is 0 Å². The van der Waals surface area contributed by atoms with Crippen LogP contribution in [0.5, 0.6) is 5.75 Å². The lowest BCUT2D eigenvalue weighted by molar-refractivity contribution is -0.116. The Labute approximate surface area is 207 Å². The van der Waals surface area contributed by atoms with Crippen molar-refractivity contribution in [3.8, 4) is 16.9 Å². The number of nitrogens with zero attached hydrogens (tertiary/aromatic N) is 2. The maximum Gasteiger partial charge on any atom is 0.224 e. The van der Waals surface area contributed by atoms with Crippen LogP contribution in [0.25, 0.3) is 11.1 Å². The van der Waals surface area contributed by atoms with Gasteiger partial charge in [-0.05, 0) is 55.3 Å². The van der Waals surface area contributed by atoms with Crippen LogP contribution < -0.4 is 15.0 Å². The molecule has 1 amide bonds. The maximum atomic E-state index is 12.4. The Morgan fingerprint density at radius 1 is 0.912 bits per heavy atom. The van der Waals surface area contributed by atoms with Gasteiger partial charge in [0.05, 0.1) is 12.8 Å². The number of hydrogen-bond donors (Lipinski definition) is 1. The Kier molecular flexibility index (Phi) is 8.45. The number of benzene rings is 3. The van der Waals surface area contributed by atoms with Crippen molar-refractivity contribution in [3.05, 3.63) is 77.8 Å². The lowest BCUT2D eigenvalue weighted by Gasteiger charge is -2.36. The van der Waals surface area contributed by atoms with Crippen LogP contribution in [0.15, 0.2) is 72.8 Å². The minimum Gasteiger partial charge on any atom is -0.495 e. The molecule has 3 aromatic carbocycles. The predicted molar refractivity (Wildman–Crippen MR) is 141 cm³/mol. The van der Waals surface area contributed by atoms with E-state index in [1.165, 1.54) is 5.69 Å². The Hall–Kier alpha value is -3.02. The number of carbonyl (C=O) groups excluding carboxylic acids is 1. The van der Waals surface area contributed by atoms with Crippen LogP contribution in [0.3, 0.4) is 0 Å². The Morgan fingerprint density at radius 2 is 1.62 bits per heavy atom. The fraction of sp³-hybridized carbons (Fsp3) is 0.321. The average molecular weight is 478 g/mol. The van der Waals surface area contributed by atoms with E-state index in [9.17, 15) is 4.79 Å². The van der Waals surface area contributed by atoms with Gasteiger partial charge in [-0.25, -0.2) is 0 Å². The van der Waals surface area contributed by atoms with Crippen LogP contribution in [0.4, 0.5) is 11.4 Å². The summed E-state index contributed by atoms with van der Waals surface area (Å²) in [6, 6.07) is 23.8. The molecule has 4 rings (SSSR count). The summed E-state index contributed by atoms with van der Waals surface area (Å²) in [5.41, 5.74) is 4.01. The van der Waals surface area contributed by atoms with E-state index >= 15 is 0 Å². The molecule has 3 aromatic rings. The van der Waals surface area contributed by atoms with Gasteiger partial charge in [0.25, 0.3) is 0 Å². The zero-order valence-corrected chi connectivity index (χ0v) is 20.4. The lowest BCUT2D eigenvalue weighted by Crippen LogP contribution is -2.46. The van der Waals surface area contributed by atoms with Crippen molar-refractivity contribution in [2.45, 2.75) is 19.3 Å². The van der Waals surface area contributed by atoms with Gasteiger partial charge >= 0.3 is 0 Å². The highest BCUT2D eigenvalue weighted by Gasteiger charge is 2.19. The number of rotatable bonds is 9. The standard InChI is InChI=1S/C28H32ClN3O2/c1-34-27-11-5-4-10-26(27)32-20-18-31(19-21-32)17-7-6-12-28(33)30-23-15-13-22(14-16-23)24-8-2-3-9-25(24)29/h2-5,8-11,13-16H,6-7,12,17-21H2,1H3,(H,30,33). The van der Waals surface area contributed by atoms with Crippen molar-refractivity contribution in [2.24, 2.45) is 0 Å². The molecule has 1 fully saturated rings. The Balaban J connectivity index is 1.15. The largest absolute Gasteiger partial charge is 0.495 e. The van der Waals surface area contributed by atoms with Crippen molar-refractivity contribution in [1.29, 1.82) is 0 Å². The molecular weight excluding hydrogens is 446 g/mol. The van der Waals surface area contributed by atoms with Gasteiger partial charge in [0.1, 0.15) is 5.75 Å². The summed E-state index contributed by atoms with van der Waals surface area (Å²) in [7, 11) is 1.72. The second-order valence-corrected chi connectivity index (χ2v) is 8.97. The number of amides is 1. The molecule has 178 valence electrons. The maximum absolute atomic E-state index is 12.4. The van der Waals surface area contributed by atoms with Gasteiger partial charge in [0, 0.05) is 48.9 Å². The number of anilines is 2. The van der Waals surface area contributed by atoms with Crippen LogP contribution in [-0.2, 0) is 4.79 Å². The first-order chi connectivity index (χ1) is 16.6. The summed E-state index contributed by atoms with van der Waals surface area (Å²) in [5.74, 6) is 0.993. The molecule has 1 aliphatic heterocycles. The summed E-state index contributed by atoms with van der Waals surface area (Å²) in [4.78, 5) is 17.2. The zero-order valence-electron chi connectivity index (χ0n) is 19.7. The van der Waals surface area contributed by atoms with Crippen LogP contribution in [-0.4, -0.2) is 50.6 Å². The van der Waals surface area contributed by atoms with Crippen LogP contribution in [0.1, 0.15) is 19.3 Å². The zero-order chi connectivity index (χ0) is 23.8. The molecule has 0 saturated carbocycles. The Bertz CT molecular complexity index is 1080. The summed E-state index contributed by atoms with van der Waals surface area (Å²) >= 11 is 6.28. The number of methoxy groups -OCH3 is 1. The number of nitrogens with one attached hydrogen (secondary N) is 1. The van der Waals surface area contributed by atoms with Gasteiger partial charge in [-0.3, -0.25) is 9.69 Å². The molecule has 0 aromatic heterocycles. The quantitative estimate of drug-likeness (QED) is 0.387. The number of ether oxygens (including phenoxy) is 1. The normalized spacial score (nSPS) is 14.1. The summed E-state index contributed by atoms with van der Waals surface area (Å²) < 4.78 is 5.50. The monoisotopic (exact) mass is 477 g/mol. The molecule has 1 aliphatic rings. The van der Waals surface area contributed by atoms with Crippen LogP contribution in [0.2, 0.25) is 5.02 Å². The molecule has 0 spiro atoms. The number of piperazine rings is 1. The first kappa shape index (κ1) is 24.1. The fourth-order valence-electron chi connectivity index (χ4n) is 4.38. The third kappa shape index (κ3) is 6.31. The second-order valence-electron chi connectivity index (χ2n) is 8.56. The van der Waals surface area contributed by atoms with Crippen molar-refractivity contribution in [2.75, 3.05) is 50.1 Å². The molecule has 0 bridgehead atoms. The third-order valence-electron chi connectivity index (χ3n) is 6.28. The van der Waals surface area contributed by atoms with Gasteiger partial charge in [0.15, 0.2) is 0 Å². The van der Waals surface area contributed by atoms with E-state index in [1.807, 2.05) is 60.7 Å². The van der Waals surface area contributed by atoms with Crippen molar-refractivity contribution in [1.82, 2.24) is 4.90 Å². The number of halogens is 1. The SMILES string of the molecule is COc1ccccc1N1CCN(CCCCC(=O)Nc2ccc(-c3ccccc3Cl)cc2)CC1. The number of para-hydroxylation sites is 2. The molecule has 34 heavy (non-hydrogen) atoms. The smallest absolute Gasteiger partial charge is 0.224 e. The van der Waals surface area contributed by atoms with E-state index in [1.54, 1.807) is 7.11 Å². The first-order valence-corrected chi connectivity index (χ1v) is 12.3. The highest BCUT2D eigenvalue weighted by atomic mass is 35.5. The fourth-order valence-corrected chi connectivity index (χ4v) is 4.62. The molecule has 0 aliphatic carbocycles. The number of unbranched alkanes of at least 4 members (excludes halogenated alkanes) is 1. The van der Waals surface area contributed by atoms with Crippen molar-refractivity contribution < 1.29 is 9.53 Å². The lowest BCUT2D eigenvalue weighted by atomic mass is 10.1. The van der Waals surface area contributed by atoms with Crippen molar-refractivity contribution >= 4 is 28.9 Å². The van der Waals surface area contributed by atoms with Crippen LogP contribution >= 0.6 is 11.6 Å². The first-order valence-electron chi connectivity index (χ1n) is 11.9. The summed E-state index contributed by atoms with van der Waals surface area (Å²) in [5, 5.41) is 3.73. The minimum atomic E-state index is 0.0616. The van der Waals surface area contributed by atoms with E-state index in [-0.39, 0.29) is 5.91 Å². The van der Waals surface area contributed by atoms with Gasteiger partial charge in [-0.2, -0.15) is 0 Å². The Morgan fingerprint density at radius 3 is 2.35 bits per heavy atom. The van der Waals surface area contributed by atoms with Crippen molar-refractivity contribution in [3.63, 3.8) is 0 Å². The summed E-state index contributed by atoms with van der Waals surface area (Å²) in [6.45, 7) is 5.07. The average Bonchev–Trinajstić information content (AvgIpc) is 2.88. The van der Waals surface area contributed by atoms with E-state index in [0.29, 0.717) is 6.42 Å². The highest BCUT2D eigenvalue weighted by molar-refractivity contribution is 6.33. The van der Waals surface area contributed by atoms with E-state index in [4.69, 9.17) is 16.3 Å². The molecule has 0 radical (unpaired) electrons. The van der Waals surface area contributed by atoms with Crippen LogP contribution in [0, 0.1) is 0 Å². The number of hydrogen-bond acceptors (Lipinski definition) is 4. The minimum absolute atomic E-state index is 0.0616. The third-order valence-corrected chi connectivity index (χ3v) is 6.61. The summed E-state index contributed by atoms with van der Waals surface area (Å²) in [6.07, 6.45) is 2.44. The molecule has 1 N–H and O–H groups in total. The second kappa shape index (κ2) is 11.9. The molecule has 5 nitrogen and oxygen atoms in total. The highest BCUT2D eigenvalue weighted by Crippen LogP contribution is 2.29. The van der Waals surface area contributed by atoms with E-state index in [2.05, 4.69) is 27.2 Å². The topological polar surface area (TPSA) is 44.8 Å². The predicted octanol–water partition coefficient (Wildman–Crippen LogP) is 5.95. The van der Waals surface area contributed by atoms with E-state index in [0.717, 1.165) is 73.2 Å². The van der Waals surface area contributed by atoms with Gasteiger partial charge < -0.3 is 15.0 Å². The van der Waals surface area contributed by atoms with Gasteiger partial charge in [-0.15, -0.1) is 0 Å². The number of carbonyl (C=O) groups is 1. The molecule has 0 unspecified atom stereocenters. The molecule has 1 heterocycles.